The lowest BCUT2D eigenvalue weighted by Crippen LogP contribution is -2.38. The normalized spacial score (nSPS) is 16.9. The summed E-state index contributed by atoms with van der Waals surface area (Å²) in [6.07, 6.45) is -0.600. The molecule has 0 bridgehead atoms. The number of para-hydroxylation sites is 1. The van der Waals surface area contributed by atoms with Gasteiger partial charge in [-0.2, -0.15) is 4.72 Å². The van der Waals surface area contributed by atoms with Gasteiger partial charge in [-0.1, -0.05) is 62.4 Å². The van der Waals surface area contributed by atoms with Crippen LogP contribution in [0, 0.1) is 0 Å². The number of sulfonamides is 1. The first-order chi connectivity index (χ1) is 14.8. The van der Waals surface area contributed by atoms with Gasteiger partial charge < -0.3 is 10.6 Å². The molecule has 6 nitrogen and oxygen atoms in total. The molecule has 4 rings (SSSR count). The molecule has 31 heavy (non-hydrogen) atoms. The predicted molar refractivity (Wildman–Crippen MR) is 121 cm³/mol. The number of benzene rings is 3. The third-order valence-corrected chi connectivity index (χ3v) is 6.84. The zero-order chi connectivity index (χ0) is 22.0. The van der Waals surface area contributed by atoms with Crippen LogP contribution in [0.5, 0.6) is 0 Å². The highest BCUT2D eigenvalue weighted by atomic mass is 32.2. The quantitative estimate of drug-likeness (QED) is 0.562. The van der Waals surface area contributed by atoms with Gasteiger partial charge in [-0.05, 0) is 46.9 Å². The number of amides is 1. The van der Waals surface area contributed by atoms with Crippen LogP contribution in [0.1, 0.15) is 53.0 Å². The first kappa shape index (κ1) is 21.1. The maximum Gasteiger partial charge on any atom is 0.251 e. The van der Waals surface area contributed by atoms with Crippen molar-refractivity contribution in [3.05, 3.63) is 95.1 Å². The SMILES string of the molecule is CC(C)c1ccc(CNC(=O)c2ccc([C@H]3Nc4ccccc4S(=O)(=O)N3)cc2)cc1. The van der Waals surface area contributed by atoms with Crippen LogP contribution in [-0.4, -0.2) is 14.3 Å². The molecule has 0 aromatic heterocycles. The fourth-order valence-corrected chi connectivity index (χ4v) is 4.81. The zero-order valence-corrected chi connectivity index (χ0v) is 18.2. The molecule has 0 spiro atoms. The zero-order valence-electron chi connectivity index (χ0n) is 17.4. The van der Waals surface area contributed by atoms with Crippen molar-refractivity contribution in [1.82, 2.24) is 10.0 Å². The minimum atomic E-state index is -3.61. The van der Waals surface area contributed by atoms with E-state index in [1.54, 1.807) is 48.5 Å². The van der Waals surface area contributed by atoms with E-state index in [2.05, 4.69) is 41.3 Å². The van der Waals surface area contributed by atoms with E-state index in [0.29, 0.717) is 23.7 Å². The number of fused-ring (bicyclic) bond motifs is 1. The van der Waals surface area contributed by atoms with Crippen LogP contribution in [0.4, 0.5) is 5.69 Å². The minimum absolute atomic E-state index is 0.179. The van der Waals surface area contributed by atoms with Crippen LogP contribution >= 0.6 is 0 Å². The van der Waals surface area contributed by atoms with E-state index in [9.17, 15) is 13.2 Å². The number of nitrogens with one attached hydrogen (secondary N) is 3. The van der Waals surface area contributed by atoms with E-state index >= 15 is 0 Å². The van der Waals surface area contributed by atoms with Crippen LogP contribution in [0.2, 0.25) is 0 Å². The van der Waals surface area contributed by atoms with Gasteiger partial charge in [0, 0.05) is 12.1 Å². The Kier molecular flexibility index (Phi) is 5.80. The molecule has 1 heterocycles. The molecule has 160 valence electrons. The lowest BCUT2D eigenvalue weighted by atomic mass is 10.0. The van der Waals surface area contributed by atoms with Crippen molar-refractivity contribution in [2.75, 3.05) is 5.32 Å². The second-order valence-electron chi connectivity index (χ2n) is 7.90. The Hall–Kier alpha value is -3.16. The second-order valence-corrected chi connectivity index (χ2v) is 9.58. The highest BCUT2D eigenvalue weighted by Gasteiger charge is 2.29. The standard InChI is InChI=1S/C24H25N3O3S/c1-16(2)18-9-7-17(8-10-18)15-25-24(28)20-13-11-19(12-14-20)23-26-21-5-3-4-6-22(21)31(29,30)27-23/h3-14,16,23,26-27H,15H2,1-2H3,(H,25,28)/t23-/m0/s1. The van der Waals surface area contributed by atoms with Gasteiger partial charge in [-0.3, -0.25) is 4.79 Å². The van der Waals surface area contributed by atoms with Crippen molar-refractivity contribution in [2.45, 2.75) is 37.4 Å². The molecule has 1 atom stereocenters. The number of anilines is 1. The molecule has 0 saturated carbocycles. The summed E-state index contributed by atoms with van der Waals surface area (Å²) in [6.45, 7) is 4.74. The van der Waals surface area contributed by atoms with Gasteiger partial charge in [-0.15, -0.1) is 0 Å². The third-order valence-electron chi connectivity index (χ3n) is 5.36. The van der Waals surface area contributed by atoms with Gasteiger partial charge >= 0.3 is 0 Å². The van der Waals surface area contributed by atoms with Crippen LogP contribution < -0.4 is 15.4 Å². The van der Waals surface area contributed by atoms with E-state index in [1.165, 1.54) is 5.56 Å². The Labute approximate surface area is 182 Å². The molecule has 1 amide bonds. The molecular formula is C24H25N3O3S. The van der Waals surface area contributed by atoms with Crippen molar-refractivity contribution in [2.24, 2.45) is 0 Å². The van der Waals surface area contributed by atoms with Gasteiger partial charge in [0.25, 0.3) is 5.91 Å². The highest BCUT2D eigenvalue weighted by molar-refractivity contribution is 7.89. The van der Waals surface area contributed by atoms with Crippen molar-refractivity contribution in [3.8, 4) is 0 Å². The summed E-state index contributed by atoms with van der Waals surface area (Å²) in [5, 5.41) is 6.11. The van der Waals surface area contributed by atoms with Crippen LogP contribution in [0.25, 0.3) is 0 Å². The third kappa shape index (κ3) is 4.62. The van der Waals surface area contributed by atoms with Crippen molar-refractivity contribution in [1.29, 1.82) is 0 Å². The molecule has 0 unspecified atom stereocenters. The molecule has 0 radical (unpaired) electrons. The number of hydrogen-bond acceptors (Lipinski definition) is 4. The summed E-state index contributed by atoms with van der Waals surface area (Å²) in [7, 11) is -3.61. The Morgan fingerprint density at radius 3 is 2.32 bits per heavy atom. The monoisotopic (exact) mass is 435 g/mol. The molecule has 3 aromatic rings. The molecule has 3 N–H and O–H groups in total. The highest BCUT2D eigenvalue weighted by Crippen LogP contribution is 2.30. The fourth-order valence-electron chi connectivity index (χ4n) is 3.51. The lowest BCUT2D eigenvalue weighted by Gasteiger charge is -2.28. The Bertz CT molecular complexity index is 1190. The molecule has 3 aromatic carbocycles. The maximum atomic E-state index is 12.5. The van der Waals surface area contributed by atoms with Crippen molar-refractivity contribution in [3.63, 3.8) is 0 Å². The van der Waals surface area contributed by atoms with E-state index in [-0.39, 0.29) is 10.8 Å². The van der Waals surface area contributed by atoms with Gasteiger partial charge in [0.1, 0.15) is 11.1 Å². The predicted octanol–water partition coefficient (Wildman–Crippen LogP) is 4.14. The number of carbonyl (C=O) groups excluding carboxylic acids is 1. The molecule has 0 aliphatic carbocycles. The van der Waals surface area contributed by atoms with E-state index in [0.717, 1.165) is 11.1 Å². The van der Waals surface area contributed by atoms with E-state index in [1.807, 2.05) is 12.1 Å². The molecule has 1 aliphatic rings. The molecule has 0 fully saturated rings. The molecular weight excluding hydrogens is 410 g/mol. The Morgan fingerprint density at radius 1 is 0.968 bits per heavy atom. The summed E-state index contributed by atoms with van der Waals surface area (Å²) in [4.78, 5) is 12.7. The van der Waals surface area contributed by atoms with Crippen LogP contribution in [0.15, 0.2) is 77.7 Å². The lowest BCUT2D eigenvalue weighted by molar-refractivity contribution is 0.0951. The summed E-state index contributed by atoms with van der Waals surface area (Å²) in [6, 6.07) is 21.9. The molecule has 0 saturated heterocycles. The number of hydrogen-bond donors (Lipinski definition) is 3. The summed E-state index contributed by atoms with van der Waals surface area (Å²) >= 11 is 0. The summed E-state index contributed by atoms with van der Waals surface area (Å²) in [5.41, 5.74) is 4.09. The molecule has 1 aliphatic heterocycles. The van der Waals surface area contributed by atoms with Crippen molar-refractivity contribution < 1.29 is 13.2 Å². The minimum Gasteiger partial charge on any atom is -0.364 e. The van der Waals surface area contributed by atoms with Gasteiger partial charge in [0.2, 0.25) is 10.0 Å². The second kappa shape index (κ2) is 8.53. The van der Waals surface area contributed by atoms with Crippen LogP contribution in [0.3, 0.4) is 0 Å². The van der Waals surface area contributed by atoms with E-state index < -0.39 is 16.2 Å². The van der Waals surface area contributed by atoms with Crippen LogP contribution in [-0.2, 0) is 16.6 Å². The number of rotatable bonds is 5. The summed E-state index contributed by atoms with van der Waals surface area (Å²) in [5.74, 6) is 0.292. The van der Waals surface area contributed by atoms with Gasteiger partial charge in [0.15, 0.2) is 0 Å². The molecule has 7 heteroatoms. The topological polar surface area (TPSA) is 87.3 Å². The number of carbonyl (C=O) groups is 1. The first-order valence-electron chi connectivity index (χ1n) is 10.2. The Morgan fingerprint density at radius 2 is 1.65 bits per heavy atom. The smallest absolute Gasteiger partial charge is 0.251 e. The van der Waals surface area contributed by atoms with Gasteiger partial charge in [0.05, 0.1) is 5.69 Å². The first-order valence-corrected chi connectivity index (χ1v) is 11.7. The fraction of sp³-hybridized carbons (Fsp3) is 0.208. The van der Waals surface area contributed by atoms with Crippen molar-refractivity contribution >= 4 is 21.6 Å². The average Bonchev–Trinajstić information content (AvgIpc) is 2.77. The van der Waals surface area contributed by atoms with Gasteiger partial charge in [-0.25, -0.2) is 8.42 Å². The largest absolute Gasteiger partial charge is 0.364 e. The Balaban J connectivity index is 1.42. The summed E-state index contributed by atoms with van der Waals surface area (Å²) < 4.78 is 27.6. The maximum absolute atomic E-state index is 12.5. The average molecular weight is 436 g/mol. The van der Waals surface area contributed by atoms with E-state index in [4.69, 9.17) is 0 Å².